The highest BCUT2D eigenvalue weighted by Crippen LogP contribution is 2.42. The predicted molar refractivity (Wildman–Crippen MR) is 117 cm³/mol. The Bertz CT molecular complexity index is 1090. The first-order valence-electron chi connectivity index (χ1n) is 9.39. The Kier molecular flexibility index (Phi) is 9.43. The maximum atomic E-state index is 14.7. The highest BCUT2D eigenvalue weighted by atomic mass is 35.5. The van der Waals surface area contributed by atoms with E-state index in [9.17, 15) is 40.3 Å². The van der Waals surface area contributed by atoms with E-state index in [0.29, 0.717) is 6.08 Å². The van der Waals surface area contributed by atoms with Crippen molar-refractivity contribution in [2.75, 3.05) is 13.1 Å². The minimum atomic E-state index is -4.91. The summed E-state index contributed by atoms with van der Waals surface area (Å²) >= 11 is 17.3. The Morgan fingerprint density at radius 1 is 0.886 bits per heavy atom. The Morgan fingerprint density at radius 2 is 1.40 bits per heavy atom. The molecular formula is C21H14Cl3F7N2O2. The lowest BCUT2D eigenvalue weighted by Crippen LogP contribution is -2.40. The van der Waals surface area contributed by atoms with Crippen molar-refractivity contribution in [3.63, 3.8) is 0 Å². The highest BCUT2D eigenvalue weighted by molar-refractivity contribution is 6.48. The van der Waals surface area contributed by atoms with Crippen LogP contribution in [0.2, 0.25) is 15.1 Å². The van der Waals surface area contributed by atoms with E-state index < -0.39 is 54.6 Å². The van der Waals surface area contributed by atoms with Crippen LogP contribution in [0.4, 0.5) is 30.7 Å². The molecule has 0 radical (unpaired) electrons. The van der Waals surface area contributed by atoms with Crippen molar-refractivity contribution in [1.82, 2.24) is 10.6 Å². The molecule has 1 atom stereocenters. The molecule has 2 aromatic carbocycles. The van der Waals surface area contributed by atoms with Gasteiger partial charge in [-0.25, -0.2) is 4.39 Å². The fourth-order valence-electron chi connectivity index (χ4n) is 2.68. The van der Waals surface area contributed by atoms with E-state index in [1.807, 2.05) is 0 Å². The summed E-state index contributed by atoms with van der Waals surface area (Å²) < 4.78 is 91.7. The largest absolute Gasteiger partial charge is 0.405 e. The summed E-state index contributed by atoms with van der Waals surface area (Å²) in [6.07, 6.45) is -9.23. The number of amides is 2. The van der Waals surface area contributed by atoms with Crippen LogP contribution in [-0.2, 0) is 4.79 Å². The number of carbonyl (C=O) groups is 2. The molecule has 1 unspecified atom stereocenters. The van der Waals surface area contributed by atoms with Gasteiger partial charge in [-0.15, -0.1) is 0 Å². The molecule has 0 saturated heterocycles. The number of halogens is 10. The maximum Gasteiger partial charge on any atom is 0.405 e. The SMILES string of the molecule is O=C(CNC(=O)c1ccc(/C(F)=C/C(c2cc(Cl)c(Cl)c(Cl)c2)C(F)(F)F)cc1)NCC(F)(F)F. The van der Waals surface area contributed by atoms with Crippen LogP contribution in [0.1, 0.15) is 27.4 Å². The van der Waals surface area contributed by atoms with Gasteiger partial charge < -0.3 is 10.6 Å². The lowest BCUT2D eigenvalue weighted by Gasteiger charge is -2.19. The van der Waals surface area contributed by atoms with Gasteiger partial charge in [0, 0.05) is 11.1 Å². The van der Waals surface area contributed by atoms with Gasteiger partial charge in [0.25, 0.3) is 5.91 Å². The highest BCUT2D eigenvalue weighted by Gasteiger charge is 2.40. The van der Waals surface area contributed by atoms with Crippen molar-refractivity contribution in [3.05, 3.63) is 74.2 Å². The molecule has 0 saturated carbocycles. The second kappa shape index (κ2) is 11.5. The van der Waals surface area contributed by atoms with Gasteiger partial charge in [0.15, 0.2) is 0 Å². The Labute approximate surface area is 209 Å². The van der Waals surface area contributed by atoms with Crippen molar-refractivity contribution < 1.29 is 40.3 Å². The Morgan fingerprint density at radius 3 is 1.89 bits per heavy atom. The van der Waals surface area contributed by atoms with Crippen LogP contribution in [0.25, 0.3) is 5.83 Å². The van der Waals surface area contributed by atoms with Crippen molar-refractivity contribution >= 4 is 52.4 Å². The molecule has 0 aliphatic heterocycles. The first-order valence-corrected chi connectivity index (χ1v) is 10.5. The minimum absolute atomic E-state index is 0.117. The van der Waals surface area contributed by atoms with Crippen molar-refractivity contribution in [2.24, 2.45) is 0 Å². The summed E-state index contributed by atoms with van der Waals surface area (Å²) in [5, 5.41) is 2.96. The molecule has 0 aliphatic rings. The van der Waals surface area contributed by atoms with Crippen LogP contribution in [-0.4, -0.2) is 37.3 Å². The Balaban J connectivity index is 2.15. The van der Waals surface area contributed by atoms with Crippen LogP contribution in [0.5, 0.6) is 0 Å². The van der Waals surface area contributed by atoms with Crippen molar-refractivity contribution in [2.45, 2.75) is 18.3 Å². The third kappa shape index (κ3) is 8.59. The second-order valence-electron chi connectivity index (χ2n) is 6.98. The molecular weight excluding hydrogens is 552 g/mol. The molecule has 2 rings (SSSR count). The average Bonchev–Trinajstić information content (AvgIpc) is 2.76. The molecule has 0 fully saturated rings. The van der Waals surface area contributed by atoms with Crippen LogP contribution in [0, 0.1) is 0 Å². The smallest absolute Gasteiger partial charge is 0.345 e. The van der Waals surface area contributed by atoms with Gasteiger partial charge in [0.05, 0.1) is 21.6 Å². The third-order valence-electron chi connectivity index (χ3n) is 4.35. The normalized spacial score (nSPS) is 13.4. The van der Waals surface area contributed by atoms with Gasteiger partial charge in [-0.1, -0.05) is 46.9 Å². The van der Waals surface area contributed by atoms with Crippen LogP contribution in [0.15, 0.2) is 42.5 Å². The lowest BCUT2D eigenvalue weighted by atomic mass is 9.96. The second-order valence-corrected chi connectivity index (χ2v) is 8.18. The molecule has 14 heteroatoms. The molecule has 0 aromatic heterocycles. The standard InChI is InChI=1S/C21H14Cl3F7N2O2/c22-14-5-12(6-15(23)18(14)24)13(21(29,30)31)7-16(25)10-1-3-11(4-2-10)19(35)32-8-17(34)33-9-20(26,27)28/h1-7,13H,8-9H2,(H,32,35)(H,33,34)/b16-7-. The van der Waals surface area contributed by atoms with E-state index in [4.69, 9.17) is 34.8 Å². The number of hydrogen-bond acceptors (Lipinski definition) is 2. The van der Waals surface area contributed by atoms with Gasteiger partial charge in [-0.3, -0.25) is 9.59 Å². The zero-order valence-electron chi connectivity index (χ0n) is 17.1. The summed E-state index contributed by atoms with van der Waals surface area (Å²) in [5.74, 6) is -5.66. The zero-order chi connectivity index (χ0) is 26.6. The van der Waals surface area contributed by atoms with Crippen molar-refractivity contribution in [3.8, 4) is 0 Å². The van der Waals surface area contributed by atoms with Crippen LogP contribution < -0.4 is 10.6 Å². The van der Waals surface area contributed by atoms with Gasteiger partial charge in [0.2, 0.25) is 5.91 Å². The van der Waals surface area contributed by atoms with E-state index in [2.05, 4.69) is 5.32 Å². The summed E-state index contributed by atoms with van der Waals surface area (Å²) in [6, 6.07) is 5.97. The molecule has 0 bridgehead atoms. The topological polar surface area (TPSA) is 58.2 Å². The zero-order valence-corrected chi connectivity index (χ0v) is 19.4. The van der Waals surface area contributed by atoms with Gasteiger partial charge in [0.1, 0.15) is 18.3 Å². The van der Waals surface area contributed by atoms with Crippen LogP contribution >= 0.6 is 34.8 Å². The first kappa shape index (κ1) is 28.7. The molecule has 4 nitrogen and oxygen atoms in total. The van der Waals surface area contributed by atoms with E-state index in [1.165, 1.54) is 0 Å². The fourth-order valence-corrected chi connectivity index (χ4v) is 3.29. The van der Waals surface area contributed by atoms with E-state index >= 15 is 0 Å². The van der Waals surface area contributed by atoms with E-state index in [0.717, 1.165) is 36.4 Å². The van der Waals surface area contributed by atoms with Gasteiger partial charge >= 0.3 is 12.4 Å². The molecule has 190 valence electrons. The number of nitrogens with one attached hydrogen (secondary N) is 2. The average molecular weight is 566 g/mol. The van der Waals surface area contributed by atoms with E-state index in [-0.39, 0.29) is 26.2 Å². The maximum absolute atomic E-state index is 14.7. The molecule has 0 aliphatic carbocycles. The van der Waals surface area contributed by atoms with Gasteiger partial charge in [-0.2, -0.15) is 26.3 Å². The summed E-state index contributed by atoms with van der Waals surface area (Å²) in [7, 11) is 0. The number of allylic oxidation sites excluding steroid dienone is 1. The van der Waals surface area contributed by atoms with Crippen molar-refractivity contribution in [1.29, 1.82) is 0 Å². The quantitative estimate of drug-likeness (QED) is 0.290. The number of hydrogen-bond donors (Lipinski definition) is 2. The number of benzene rings is 2. The monoisotopic (exact) mass is 564 g/mol. The predicted octanol–water partition coefficient (Wildman–Crippen LogP) is 6.71. The molecule has 2 amide bonds. The summed E-state index contributed by atoms with van der Waals surface area (Å²) in [4.78, 5) is 23.3. The molecule has 0 heterocycles. The number of alkyl halides is 6. The Hall–Kier alpha value is -2.50. The number of carbonyl (C=O) groups excluding carboxylic acids is 2. The third-order valence-corrected chi connectivity index (χ3v) is 5.55. The van der Waals surface area contributed by atoms with Crippen LogP contribution in [0.3, 0.4) is 0 Å². The molecule has 2 aromatic rings. The lowest BCUT2D eigenvalue weighted by molar-refractivity contribution is -0.139. The first-order chi connectivity index (χ1) is 16.1. The summed E-state index contributed by atoms with van der Waals surface area (Å²) in [6.45, 7) is -2.33. The minimum Gasteiger partial charge on any atom is -0.345 e. The number of rotatable bonds is 7. The molecule has 35 heavy (non-hydrogen) atoms. The van der Waals surface area contributed by atoms with Gasteiger partial charge in [-0.05, 0) is 35.9 Å². The molecule has 0 spiro atoms. The fraction of sp³-hybridized carbons (Fsp3) is 0.238. The van der Waals surface area contributed by atoms with E-state index in [1.54, 1.807) is 5.32 Å². The molecule has 2 N–H and O–H groups in total. The summed E-state index contributed by atoms with van der Waals surface area (Å²) in [5.41, 5.74) is -0.870.